The maximum absolute atomic E-state index is 9.05. The molecule has 2 aromatic heterocycles. The van der Waals surface area contributed by atoms with Crippen molar-refractivity contribution in [3.05, 3.63) is 28.7 Å². The van der Waals surface area contributed by atoms with Crippen LogP contribution in [0.15, 0.2) is 9.05 Å². The smallest absolute Gasteiger partial charge is 0.232 e. The van der Waals surface area contributed by atoms with E-state index in [2.05, 4.69) is 40.1 Å². The minimum atomic E-state index is 0.318. The van der Waals surface area contributed by atoms with Gasteiger partial charge in [0.1, 0.15) is 17.3 Å². The van der Waals surface area contributed by atoms with Crippen LogP contribution in [0.1, 0.15) is 42.6 Å². The average Bonchev–Trinajstić information content (AvgIpc) is 3.07. The van der Waals surface area contributed by atoms with Gasteiger partial charge in [-0.15, -0.1) is 0 Å². The summed E-state index contributed by atoms with van der Waals surface area (Å²) in [6.07, 6.45) is 1.06. The third kappa shape index (κ3) is 3.67. The molecular formula is C14H19N5O2. The lowest BCUT2D eigenvalue weighted by Crippen LogP contribution is -2.25. The van der Waals surface area contributed by atoms with Crippen LogP contribution in [0, 0.1) is 18.3 Å². The molecule has 0 unspecified atom stereocenters. The average molecular weight is 289 g/mol. The summed E-state index contributed by atoms with van der Waals surface area (Å²) < 4.78 is 10.2. The van der Waals surface area contributed by atoms with Crippen LogP contribution in [0.25, 0.3) is 0 Å². The molecular weight excluding hydrogens is 270 g/mol. The molecule has 0 radical (unpaired) electrons. The van der Waals surface area contributed by atoms with E-state index in [1.807, 2.05) is 0 Å². The number of nitrogens with zero attached hydrogens (tertiary/aromatic N) is 5. The van der Waals surface area contributed by atoms with Gasteiger partial charge in [-0.05, 0) is 20.0 Å². The predicted octanol–water partition coefficient (Wildman–Crippen LogP) is 1.71. The Bertz CT molecular complexity index is 622. The van der Waals surface area contributed by atoms with Crippen LogP contribution in [0.5, 0.6) is 0 Å². The van der Waals surface area contributed by atoms with Crippen LogP contribution in [-0.2, 0) is 12.8 Å². The van der Waals surface area contributed by atoms with Crippen molar-refractivity contribution in [1.29, 1.82) is 5.26 Å². The zero-order valence-electron chi connectivity index (χ0n) is 12.6. The Labute approximate surface area is 123 Å². The van der Waals surface area contributed by atoms with Gasteiger partial charge in [-0.25, -0.2) is 0 Å². The summed E-state index contributed by atoms with van der Waals surface area (Å²) in [7, 11) is 0. The third-order valence-corrected chi connectivity index (χ3v) is 3.42. The van der Waals surface area contributed by atoms with Gasteiger partial charge in [0.25, 0.3) is 0 Å². The van der Waals surface area contributed by atoms with Gasteiger partial charge in [0.15, 0.2) is 11.6 Å². The van der Waals surface area contributed by atoms with Gasteiger partial charge >= 0.3 is 0 Å². The first-order chi connectivity index (χ1) is 10.2. The molecule has 0 aliphatic heterocycles. The number of hydrogen-bond acceptors (Lipinski definition) is 7. The van der Waals surface area contributed by atoms with E-state index < -0.39 is 0 Å². The topological polar surface area (TPSA) is 92.0 Å². The summed E-state index contributed by atoms with van der Waals surface area (Å²) in [6.45, 7) is 8.87. The van der Waals surface area contributed by atoms with Crippen molar-refractivity contribution in [2.24, 2.45) is 0 Å². The van der Waals surface area contributed by atoms with Crippen molar-refractivity contribution in [2.75, 3.05) is 19.6 Å². The molecule has 0 aliphatic carbocycles. The Balaban J connectivity index is 1.98. The van der Waals surface area contributed by atoms with Crippen LogP contribution < -0.4 is 0 Å². The zero-order valence-corrected chi connectivity index (χ0v) is 12.6. The highest BCUT2D eigenvalue weighted by Gasteiger charge is 2.16. The molecule has 2 heterocycles. The molecule has 7 nitrogen and oxygen atoms in total. The van der Waals surface area contributed by atoms with E-state index in [4.69, 9.17) is 14.3 Å². The molecule has 0 aromatic carbocycles. The molecule has 0 saturated carbocycles. The van der Waals surface area contributed by atoms with Crippen molar-refractivity contribution >= 4 is 0 Å². The van der Waals surface area contributed by atoms with Gasteiger partial charge < -0.3 is 13.9 Å². The zero-order chi connectivity index (χ0) is 15.2. The number of aromatic nitrogens is 3. The van der Waals surface area contributed by atoms with Crippen LogP contribution in [0.4, 0.5) is 0 Å². The molecule has 0 amide bonds. The normalized spacial score (nSPS) is 11.0. The molecule has 7 heteroatoms. The molecule has 0 spiro atoms. The molecule has 0 bridgehead atoms. The first-order valence-corrected chi connectivity index (χ1v) is 7.06. The van der Waals surface area contributed by atoms with Crippen LogP contribution in [0.2, 0.25) is 0 Å². The van der Waals surface area contributed by atoms with E-state index in [1.165, 1.54) is 0 Å². The Morgan fingerprint density at radius 3 is 2.62 bits per heavy atom. The number of hydrogen-bond donors (Lipinski definition) is 0. The SMILES string of the molecule is CCN(CC)CCc1noc(Cc2noc(C)c2C#N)n1. The second-order valence-electron chi connectivity index (χ2n) is 4.73. The van der Waals surface area contributed by atoms with E-state index in [1.54, 1.807) is 6.92 Å². The first kappa shape index (κ1) is 15.2. The van der Waals surface area contributed by atoms with Gasteiger partial charge in [-0.2, -0.15) is 10.2 Å². The lowest BCUT2D eigenvalue weighted by molar-refractivity contribution is 0.302. The standard InChI is InChI=1S/C14H19N5O2/c1-4-19(5-2)7-6-13-16-14(21-18-13)8-12-11(9-15)10(3)20-17-12/h4-8H2,1-3H3. The van der Waals surface area contributed by atoms with Crippen molar-refractivity contribution < 1.29 is 9.05 Å². The van der Waals surface area contributed by atoms with E-state index >= 15 is 0 Å². The third-order valence-electron chi connectivity index (χ3n) is 3.42. The molecule has 21 heavy (non-hydrogen) atoms. The van der Waals surface area contributed by atoms with Crippen molar-refractivity contribution in [3.8, 4) is 6.07 Å². The largest absolute Gasteiger partial charge is 0.360 e. The summed E-state index contributed by atoms with van der Waals surface area (Å²) >= 11 is 0. The minimum absolute atomic E-state index is 0.318. The van der Waals surface area contributed by atoms with Crippen LogP contribution in [-0.4, -0.2) is 39.8 Å². The molecule has 112 valence electrons. The van der Waals surface area contributed by atoms with E-state index in [0.717, 1.165) is 26.1 Å². The second-order valence-corrected chi connectivity index (χ2v) is 4.73. The Kier molecular flexibility index (Phi) is 5.06. The summed E-state index contributed by atoms with van der Waals surface area (Å²) in [5, 5.41) is 16.9. The highest BCUT2D eigenvalue weighted by Crippen LogP contribution is 2.15. The van der Waals surface area contributed by atoms with Gasteiger partial charge in [0, 0.05) is 13.0 Å². The minimum Gasteiger partial charge on any atom is -0.360 e. The summed E-state index contributed by atoms with van der Waals surface area (Å²) in [5.74, 6) is 1.64. The highest BCUT2D eigenvalue weighted by molar-refractivity contribution is 5.36. The quantitative estimate of drug-likeness (QED) is 0.766. The lowest BCUT2D eigenvalue weighted by Gasteiger charge is -2.16. The molecule has 2 rings (SSSR count). The summed E-state index contributed by atoms with van der Waals surface area (Å²) in [6, 6.07) is 2.07. The highest BCUT2D eigenvalue weighted by atomic mass is 16.5. The number of rotatable bonds is 7. The monoisotopic (exact) mass is 289 g/mol. The Morgan fingerprint density at radius 1 is 1.19 bits per heavy atom. The second kappa shape index (κ2) is 6.99. The summed E-state index contributed by atoms with van der Waals surface area (Å²) in [5.41, 5.74) is 0.979. The lowest BCUT2D eigenvalue weighted by atomic mass is 10.2. The first-order valence-electron chi connectivity index (χ1n) is 7.06. The summed E-state index contributed by atoms with van der Waals surface area (Å²) in [4.78, 5) is 6.63. The van der Waals surface area contributed by atoms with E-state index in [0.29, 0.717) is 35.2 Å². The van der Waals surface area contributed by atoms with Gasteiger partial charge in [-0.1, -0.05) is 24.2 Å². The van der Waals surface area contributed by atoms with E-state index in [-0.39, 0.29) is 0 Å². The van der Waals surface area contributed by atoms with Crippen LogP contribution >= 0.6 is 0 Å². The van der Waals surface area contributed by atoms with Crippen molar-refractivity contribution in [1.82, 2.24) is 20.2 Å². The fourth-order valence-corrected chi connectivity index (χ4v) is 2.09. The Hall–Kier alpha value is -2.20. The van der Waals surface area contributed by atoms with Gasteiger partial charge in [0.05, 0.1) is 6.42 Å². The molecule has 0 N–H and O–H groups in total. The van der Waals surface area contributed by atoms with Gasteiger partial charge in [0.2, 0.25) is 5.89 Å². The molecule has 0 saturated heterocycles. The Morgan fingerprint density at radius 2 is 1.95 bits per heavy atom. The molecule has 2 aromatic rings. The predicted molar refractivity (Wildman–Crippen MR) is 74.6 cm³/mol. The maximum atomic E-state index is 9.05. The van der Waals surface area contributed by atoms with Crippen LogP contribution in [0.3, 0.4) is 0 Å². The maximum Gasteiger partial charge on any atom is 0.232 e. The van der Waals surface area contributed by atoms with Crippen molar-refractivity contribution in [3.63, 3.8) is 0 Å². The molecule has 0 aliphatic rings. The molecule has 0 atom stereocenters. The fourth-order valence-electron chi connectivity index (χ4n) is 2.09. The molecule has 0 fully saturated rings. The van der Waals surface area contributed by atoms with E-state index in [9.17, 15) is 0 Å². The fraction of sp³-hybridized carbons (Fsp3) is 0.571. The van der Waals surface area contributed by atoms with Crippen molar-refractivity contribution in [2.45, 2.75) is 33.6 Å². The number of nitriles is 1. The van der Waals surface area contributed by atoms with Gasteiger partial charge in [-0.3, -0.25) is 0 Å². The number of aryl methyl sites for hydroxylation is 1. The number of likely N-dealkylation sites (N-methyl/N-ethyl adjacent to an activating group) is 1.